The maximum absolute atomic E-state index is 10.5. The van der Waals surface area contributed by atoms with Gasteiger partial charge in [0, 0.05) is 5.92 Å². The third kappa shape index (κ3) is 2.64. The van der Waals surface area contributed by atoms with Crippen LogP contribution in [0.4, 0.5) is 0 Å². The number of amides is 1. The minimum absolute atomic E-state index is 0.515. The Bertz CT molecular complexity index is 407. The quantitative estimate of drug-likeness (QED) is 0.717. The zero-order valence-corrected chi connectivity index (χ0v) is 8.53. The average Bonchev–Trinajstić information content (AvgIpc) is 2.25. The lowest BCUT2D eigenvalue weighted by Gasteiger charge is -2.07. The van der Waals surface area contributed by atoms with Crippen LogP contribution in [0.3, 0.4) is 0 Å². The number of carbonyl (C=O) groups excluding carboxylic acids is 1. The van der Waals surface area contributed by atoms with E-state index in [1.54, 1.807) is 18.2 Å². The lowest BCUT2D eigenvalue weighted by atomic mass is 10.2. The molecule has 0 atom stereocenters. The van der Waals surface area contributed by atoms with E-state index in [4.69, 9.17) is 15.2 Å². The highest BCUT2D eigenvalue weighted by atomic mass is 16.5. The van der Waals surface area contributed by atoms with Crippen molar-refractivity contribution in [2.24, 2.45) is 5.73 Å². The summed E-state index contributed by atoms with van der Waals surface area (Å²) in [6, 6.07) is 5.23. The molecule has 0 aliphatic heterocycles. The Morgan fingerprint density at radius 3 is 2.20 bits per heavy atom. The van der Waals surface area contributed by atoms with Gasteiger partial charge in [-0.15, -0.1) is 0 Å². The zero-order chi connectivity index (χ0) is 11.3. The molecule has 0 saturated heterocycles. The first-order chi connectivity index (χ1) is 7.19. The van der Waals surface area contributed by atoms with E-state index in [1.807, 2.05) is 0 Å². The molecule has 2 N–H and O–H groups in total. The second kappa shape index (κ2) is 4.91. The van der Waals surface area contributed by atoms with Gasteiger partial charge >= 0.3 is 0 Å². The minimum Gasteiger partial charge on any atom is -0.495 e. The second-order valence-corrected chi connectivity index (χ2v) is 2.65. The van der Waals surface area contributed by atoms with Crippen LogP contribution in [0.2, 0.25) is 0 Å². The molecule has 0 heterocycles. The predicted molar refractivity (Wildman–Crippen MR) is 55.6 cm³/mol. The molecule has 0 saturated carbocycles. The Labute approximate surface area is 88.0 Å². The van der Waals surface area contributed by atoms with Crippen LogP contribution in [0.5, 0.6) is 11.5 Å². The van der Waals surface area contributed by atoms with Crippen molar-refractivity contribution in [3.05, 3.63) is 23.8 Å². The van der Waals surface area contributed by atoms with Gasteiger partial charge in [-0.1, -0.05) is 6.07 Å². The molecule has 0 aromatic heterocycles. The molecule has 4 nitrogen and oxygen atoms in total. The van der Waals surface area contributed by atoms with Crippen LogP contribution in [0.1, 0.15) is 5.56 Å². The summed E-state index contributed by atoms with van der Waals surface area (Å²) in [7, 11) is 3.04. The predicted octanol–water partition coefficient (Wildman–Crippen LogP) is 0.541. The van der Waals surface area contributed by atoms with Gasteiger partial charge in [0.05, 0.1) is 14.2 Å². The fourth-order valence-corrected chi connectivity index (χ4v) is 1.10. The maximum Gasteiger partial charge on any atom is 0.293 e. The normalized spacial score (nSPS) is 8.67. The van der Waals surface area contributed by atoms with Crippen LogP contribution in [0.25, 0.3) is 0 Å². The number of ether oxygens (including phenoxy) is 2. The number of carbonyl (C=O) groups is 1. The van der Waals surface area contributed by atoms with Gasteiger partial charge in [0.25, 0.3) is 5.91 Å². The Morgan fingerprint density at radius 2 is 1.80 bits per heavy atom. The molecule has 15 heavy (non-hydrogen) atoms. The third-order valence-electron chi connectivity index (χ3n) is 1.74. The summed E-state index contributed by atoms with van der Waals surface area (Å²) in [4.78, 5) is 10.5. The monoisotopic (exact) mass is 205 g/mol. The lowest BCUT2D eigenvalue weighted by Crippen LogP contribution is -2.06. The fraction of sp³-hybridized carbons (Fsp3) is 0.182. The van der Waals surface area contributed by atoms with E-state index in [1.165, 1.54) is 14.2 Å². The summed E-state index contributed by atoms with van der Waals surface area (Å²) in [5.41, 5.74) is 5.44. The fourth-order valence-electron chi connectivity index (χ4n) is 1.10. The number of nitrogens with two attached hydrogens (primary N) is 1. The van der Waals surface area contributed by atoms with Crippen LogP contribution < -0.4 is 15.2 Å². The minimum atomic E-state index is -0.692. The van der Waals surface area contributed by atoms with E-state index in [2.05, 4.69) is 11.8 Å². The molecule has 78 valence electrons. The number of hydrogen-bond acceptors (Lipinski definition) is 3. The van der Waals surface area contributed by atoms with Crippen molar-refractivity contribution in [2.75, 3.05) is 14.2 Å². The highest BCUT2D eigenvalue weighted by Gasteiger charge is 2.06. The maximum atomic E-state index is 10.5. The molecule has 0 aliphatic rings. The van der Waals surface area contributed by atoms with Crippen molar-refractivity contribution >= 4 is 5.91 Å². The Hall–Kier alpha value is -2.15. The van der Waals surface area contributed by atoms with E-state index in [-0.39, 0.29) is 0 Å². The molecule has 0 aliphatic carbocycles. The number of benzene rings is 1. The summed E-state index contributed by atoms with van der Waals surface area (Å²) in [5.74, 6) is 5.25. The standard InChI is InChI=1S/C11H11NO3/c1-14-9-4-3-5-10(15-2)8(9)6-7-11(12)13/h3-5H,1-2H3,(H2,12,13). The molecular weight excluding hydrogens is 194 g/mol. The van der Waals surface area contributed by atoms with Crippen molar-refractivity contribution in [1.82, 2.24) is 0 Å². The van der Waals surface area contributed by atoms with Gasteiger partial charge < -0.3 is 15.2 Å². The highest BCUT2D eigenvalue weighted by molar-refractivity contribution is 5.92. The second-order valence-electron chi connectivity index (χ2n) is 2.65. The van der Waals surface area contributed by atoms with E-state index >= 15 is 0 Å². The molecule has 0 spiro atoms. The third-order valence-corrected chi connectivity index (χ3v) is 1.74. The van der Waals surface area contributed by atoms with Gasteiger partial charge in [-0.25, -0.2) is 0 Å². The Balaban J connectivity index is 3.24. The van der Waals surface area contributed by atoms with Gasteiger partial charge in [0.2, 0.25) is 0 Å². The Kier molecular flexibility index (Phi) is 3.58. The van der Waals surface area contributed by atoms with Gasteiger partial charge in [-0.05, 0) is 18.1 Å². The van der Waals surface area contributed by atoms with Crippen molar-refractivity contribution in [3.63, 3.8) is 0 Å². The van der Waals surface area contributed by atoms with Gasteiger partial charge in [0.1, 0.15) is 17.1 Å². The molecule has 0 bridgehead atoms. The van der Waals surface area contributed by atoms with Crippen molar-refractivity contribution in [2.45, 2.75) is 0 Å². The van der Waals surface area contributed by atoms with Crippen LogP contribution in [0, 0.1) is 11.8 Å². The Morgan fingerprint density at radius 1 is 1.27 bits per heavy atom. The van der Waals surface area contributed by atoms with Crippen LogP contribution in [0.15, 0.2) is 18.2 Å². The highest BCUT2D eigenvalue weighted by Crippen LogP contribution is 2.26. The molecule has 0 unspecified atom stereocenters. The number of methoxy groups -OCH3 is 2. The lowest BCUT2D eigenvalue weighted by molar-refractivity contribution is -0.112. The number of rotatable bonds is 2. The molecule has 1 aromatic carbocycles. The summed E-state index contributed by atoms with van der Waals surface area (Å²) in [6.07, 6.45) is 0. The molecular formula is C11H11NO3. The van der Waals surface area contributed by atoms with E-state index in [0.717, 1.165) is 0 Å². The first-order valence-electron chi connectivity index (χ1n) is 4.21. The molecule has 0 fully saturated rings. The number of hydrogen-bond donors (Lipinski definition) is 1. The van der Waals surface area contributed by atoms with Gasteiger partial charge in [-0.2, -0.15) is 0 Å². The van der Waals surface area contributed by atoms with Crippen LogP contribution >= 0.6 is 0 Å². The molecule has 1 rings (SSSR count). The van der Waals surface area contributed by atoms with Gasteiger partial charge in [0.15, 0.2) is 0 Å². The molecule has 0 radical (unpaired) electrons. The van der Waals surface area contributed by atoms with Crippen molar-refractivity contribution in [1.29, 1.82) is 0 Å². The van der Waals surface area contributed by atoms with E-state index in [9.17, 15) is 4.79 Å². The van der Waals surface area contributed by atoms with E-state index in [0.29, 0.717) is 17.1 Å². The smallest absolute Gasteiger partial charge is 0.293 e. The summed E-state index contributed by atoms with van der Waals surface area (Å²) >= 11 is 0. The topological polar surface area (TPSA) is 61.6 Å². The van der Waals surface area contributed by atoms with E-state index < -0.39 is 5.91 Å². The van der Waals surface area contributed by atoms with Crippen LogP contribution in [-0.4, -0.2) is 20.1 Å². The SMILES string of the molecule is COc1cccc(OC)c1C#CC(N)=O. The zero-order valence-electron chi connectivity index (χ0n) is 8.53. The summed E-state index contributed by atoms with van der Waals surface area (Å²) in [6.45, 7) is 0. The van der Waals surface area contributed by atoms with Gasteiger partial charge in [-0.3, -0.25) is 4.79 Å². The number of primary amides is 1. The van der Waals surface area contributed by atoms with Crippen LogP contribution in [-0.2, 0) is 4.79 Å². The average molecular weight is 205 g/mol. The van der Waals surface area contributed by atoms with Crippen molar-refractivity contribution < 1.29 is 14.3 Å². The largest absolute Gasteiger partial charge is 0.495 e. The van der Waals surface area contributed by atoms with Crippen molar-refractivity contribution in [3.8, 4) is 23.3 Å². The molecule has 1 amide bonds. The first kappa shape index (κ1) is 10.9. The summed E-state index contributed by atoms with van der Waals surface area (Å²) < 4.78 is 10.2. The molecule has 1 aromatic rings. The molecule has 4 heteroatoms. The first-order valence-corrected chi connectivity index (χ1v) is 4.21. The summed E-state index contributed by atoms with van der Waals surface area (Å²) in [5, 5.41) is 0.